The molecule has 1 N–H and O–H groups in total. The summed E-state index contributed by atoms with van der Waals surface area (Å²) in [5.74, 6) is 0. The van der Waals surface area contributed by atoms with E-state index in [9.17, 15) is 0 Å². The molecule has 1 heterocycles. The van der Waals surface area contributed by atoms with Crippen molar-refractivity contribution in [2.45, 2.75) is 39.2 Å². The molecular weight excluding hydrogens is 216 g/mol. The fourth-order valence-corrected chi connectivity index (χ4v) is 1.88. The van der Waals surface area contributed by atoms with Gasteiger partial charge >= 0.3 is 0 Å². The highest BCUT2D eigenvalue weighted by Crippen LogP contribution is 2.05. The van der Waals surface area contributed by atoms with Crippen molar-refractivity contribution in [3.8, 4) is 0 Å². The van der Waals surface area contributed by atoms with Crippen LogP contribution in [0.2, 0.25) is 0 Å². The molecule has 17 heavy (non-hydrogen) atoms. The summed E-state index contributed by atoms with van der Waals surface area (Å²) in [6, 6.07) is 0.470. The molecule has 5 heteroatoms. The second-order valence-electron chi connectivity index (χ2n) is 4.18. The molecule has 1 unspecified atom stereocenters. The Morgan fingerprint density at radius 3 is 2.88 bits per heavy atom. The lowest BCUT2D eigenvalue weighted by atomic mass is 10.1. The molecular formula is C12H24N4O. The molecule has 0 amide bonds. The smallest absolute Gasteiger partial charge is 0.0842 e. The average molecular weight is 240 g/mol. The van der Waals surface area contributed by atoms with Gasteiger partial charge in [-0.1, -0.05) is 12.1 Å². The van der Waals surface area contributed by atoms with E-state index in [4.69, 9.17) is 4.74 Å². The van der Waals surface area contributed by atoms with Crippen LogP contribution in [0, 0.1) is 0 Å². The molecule has 1 aromatic rings. The standard InChI is InChI=1S/C12H24N4O/c1-4-13-11(7-6-8-17-5-2)9-12-10-16(3)15-14-12/h10-11,13H,4-9H2,1-3H3. The van der Waals surface area contributed by atoms with E-state index in [2.05, 4.69) is 22.6 Å². The first kappa shape index (κ1) is 14.1. The van der Waals surface area contributed by atoms with Gasteiger partial charge < -0.3 is 10.1 Å². The van der Waals surface area contributed by atoms with Gasteiger partial charge in [-0.15, -0.1) is 5.10 Å². The minimum atomic E-state index is 0.470. The van der Waals surface area contributed by atoms with Gasteiger partial charge in [0.1, 0.15) is 0 Å². The molecule has 5 nitrogen and oxygen atoms in total. The predicted molar refractivity (Wildman–Crippen MR) is 67.9 cm³/mol. The highest BCUT2D eigenvalue weighted by molar-refractivity contribution is 4.95. The lowest BCUT2D eigenvalue weighted by Crippen LogP contribution is -2.31. The van der Waals surface area contributed by atoms with Crippen LogP contribution in [0.3, 0.4) is 0 Å². The lowest BCUT2D eigenvalue weighted by Gasteiger charge is -2.16. The molecule has 0 saturated heterocycles. The minimum absolute atomic E-state index is 0.470. The number of nitrogens with one attached hydrogen (secondary N) is 1. The van der Waals surface area contributed by atoms with Gasteiger partial charge in [0.25, 0.3) is 0 Å². The van der Waals surface area contributed by atoms with Crippen molar-refractivity contribution in [1.82, 2.24) is 20.3 Å². The molecule has 1 aromatic heterocycles. The Bertz CT molecular complexity index is 300. The third kappa shape index (κ3) is 5.79. The van der Waals surface area contributed by atoms with Crippen LogP contribution in [0.25, 0.3) is 0 Å². The Labute approximate surface area is 104 Å². The quantitative estimate of drug-likeness (QED) is 0.658. The summed E-state index contributed by atoms with van der Waals surface area (Å²) >= 11 is 0. The molecule has 0 bridgehead atoms. The van der Waals surface area contributed by atoms with E-state index in [1.807, 2.05) is 20.2 Å². The van der Waals surface area contributed by atoms with E-state index < -0.39 is 0 Å². The van der Waals surface area contributed by atoms with Gasteiger partial charge in [-0.2, -0.15) is 0 Å². The van der Waals surface area contributed by atoms with Crippen LogP contribution in [0.5, 0.6) is 0 Å². The highest BCUT2D eigenvalue weighted by Gasteiger charge is 2.10. The molecule has 98 valence electrons. The van der Waals surface area contributed by atoms with Crippen molar-refractivity contribution in [2.24, 2.45) is 7.05 Å². The molecule has 1 rings (SSSR count). The summed E-state index contributed by atoms with van der Waals surface area (Å²) in [4.78, 5) is 0. The summed E-state index contributed by atoms with van der Waals surface area (Å²) < 4.78 is 7.11. The molecule has 0 radical (unpaired) electrons. The van der Waals surface area contributed by atoms with Crippen molar-refractivity contribution in [3.63, 3.8) is 0 Å². The first-order valence-corrected chi connectivity index (χ1v) is 6.42. The zero-order chi connectivity index (χ0) is 12.5. The number of hydrogen-bond donors (Lipinski definition) is 1. The normalized spacial score (nSPS) is 12.9. The maximum Gasteiger partial charge on any atom is 0.0842 e. The second-order valence-corrected chi connectivity index (χ2v) is 4.18. The maximum absolute atomic E-state index is 5.36. The van der Waals surface area contributed by atoms with Crippen molar-refractivity contribution < 1.29 is 4.74 Å². The van der Waals surface area contributed by atoms with Gasteiger partial charge in [-0.05, 0) is 26.3 Å². The zero-order valence-electron chi connectivity index (χ0n) is 11.1. The highest BCUT2D eigenvalue weighted by atomic mass is 16.5. The molecule has 0 spiro atoms. The van der Waals surface area contributed by atoms with E-state index in [-0.39, 0.29) is 0 Å². The Kier molecular flexibility index (Phi) is 6.81. The zero-order valence-corrected chi connectivity index (χ0v) is 11.1. The number of likely N-dealkylation sites (N-methyl/N-ethyl adjacent to an activating group) is 1. The fourth-order valence-electron chi connectivity index (χ4n) is 1.88. The van der Waals surface area contributed by atoms with Gasteiger partial charge in [-0.3, -0.25) is 4.68 Å². The Balaban J connectivity index is 2.32. The number of aromatic nitrogens is 3. The molecule has 0 aromatic carbocycles. The van der Waals surface area contributed by atoms with Crippen LogP contribution in [-0.2, 0) is 18.2 Å². The van der Waals surface area contributed by atoms with Crippen LogP contribution >= 0.6 is 0 Å². The predicted octanol–water partition coefficient (Wildman–Crippen LogP) is 1.15. The first-order valence-electron chi connectivity index (χ1n) is 6.42. The van der Waals surface area contributed by atoms with Gasteiger partial charge in [0.15, 0.2) is 0 Å². The van der Waals surface area contributed by atoms with E-state index in [1.54, 1.807) is 4.68 Å². The summed E-state index contributed by atoms with van der Waals surface area (Å²) in [7, 11) is 1.90. The topological polar surface area (TPSA) is 52.0 Å². The lowest BCUT2D eigenvalue weighted by molar-refractivity contribution is 0.140. The summed E-state index contributed by atoms with van der Waals surface area (Å²) in [6.07, 6.45) is 5.12. The summed E-state index contributed by atoms with van der Waals surface area (Å²) in [6.45, 7) is 6.79. The van der Waals surface area contributed by atoms with E-state index in [0.717, 1.165) is 44.7 Å². The average Bonchev–Trinajstić information content (AvgIpc) is 2.70. The first-order chi connectivity index (χ1) is 8.26. The molecule has 0 aliphatic rings. The van der Waals surface area contributed by atoms with E-state index in [0.29, 0.717) is 6.04 Å². The number of ether oxygens (including phenoxy) is 1. The number of hydrogen-bond acceptors (Lipinski definition) is 4. The Morgan fingerprint density at radius 1 is 1.47 bits per heavy atom. The number of nitrogens with zero attached hydrogens (tertiary/aromatic N) is 3. The fraction of sp³-hybridized carbons (Fsp3) is 0.833. The SMILES string of the molecule is CCNC(CCCOCC)Cc1cn(C)nn1. The molecule has 0 fully saturated rings. The van der Waals surface area contributed by atoms with Crippen LogP contribution in [-0.4, -0.2) is 40.8 Å². The van der Waals surface area contributed by atoms with Gasteiger partial charge in [0.05, 0.1) is 5.69 Å². The largest absolute Gasteiger partial charge is 0.382 e. The van der Waals surface area contributed by atoms with Gasteiger partial charge in [0, 0.05) is 38.9 Å². The third-order valence-electron chi connectivity index (χ3n) is 2.64. The Morgan fingerprint density at radius 2 is 2.29 bits per heavy atom. The van der Waals surface area contributed by atoms with E-state index >= 15 is 0 Å². The second kappa shape index (κ2) is 8.20. The van der Waals surface area contributed by atoms with Crippen molar-refractivity contribution in [1.29, 1.82) is 0 Å². The Hall–Kier alpha value is -0.940. The van der Waals surface area contributed by atoms with Crippen LogP contribution in [0.4, 0.5) is 0 Å². The van der Waals surface area contributed by atoms with Crippen LogP contribution in [0.1, 0.15) is 32.4 Å². The van der Waals surface area contributed by atoms with Gasteiger partial charge in [0.2, 0.25) is 0 Å². The summed E-state index contributed by atoms with van der Waals surface area (Å²) in [5, 5.41) is 11.6. The number of rotatable bonds is 9. The van der Waals surface area contributed by atoms with Gasteiger partial charge in [-0.25, -0.2) is 0 Å². The minimum Gasteiger partial charge on any atom is -0.382 e. The van der Waals surface area contributed by atoms with Crippen LogP contribution < -0.4 is 5.32 Å². The molecule has 0 aliphatic heterocycles. The van der Waals surface area contributed by atoms with Crippen molar-refractivity contribution >= 4 is 0 Å². The monoisotopic (exact) mass is 240 g/mol. The maximum atomic E-state index is 5.36. The van der Waals surface area contributed by atoms with Crippen molar-refractivity contribution in [2.75, 3.05) is 19.8 Å². The molecule has 1 atom stereocenters. The summed E-state index contributed by atoms with van der Waals surface area (Å²) in [5.41, 5.74) is 1.05. The van der Waals surface area contributed by atoms with E-state index in [1.165, 1.54) is 0 Å². The number of aryl methyl sites for hydroxylation is 1. The third-order valence-corrected chi connectivity index (χ3v) is 2.64. The molecule has 0 saturated carbocycles. The van der Waals surface area contributed by atoms with Crippen LogP contribution in [0.15, 0.2) is 6.20 Å². The molecule has 0 aliphatic carbocycles. The van der Waals surface area contributed by atoms with Crippen molar-refractivity contribution in [3.05, 3.63) is 11.9 Å².